The lowest BCUT2D eigenvalue weighted by Gasteiger charge is -2.05. The Balaban J connectivity index is 3.08. The fraction of sp³-hybridized carbons (Fsp3) is 0.143. The van der Waals surface area contributed by atoms with Crippen LogP contribution in [0, 0.1) is 0 Å². The van der Waals surface area contributed by atoms with Crippen LogP contribution in [0.15, 0.2) is 12.1 Å². The average molecular weight is 171 g/mol. The first kappa shape index (κ1) is 8.63. The molecule has 0 unspecified atom stereocenters. The van der Waals surface area contributed by atoms with Gasteiger partial charge in [-0.3, -0.25) is 4.84 Å². The van der Waals surface area contributed by atoms with E-state index in [2.05, 4.69) is 4.84 Å². The molecule has 0 heterocycles. The summed E-state index contributed by atoms with van der Waals surface area (Å²) in [6.07, 6.45) is 0. The SMILES string of the molecule is NOCc1ccc(O)c(O)c1O. The molecule has 5 nitrogen and oxygen atoms in total. The Bertz CT molecular complexity index is 287. The van der Waals surface area contributed by atoms with Gasteiger partial charge in [0.05, 0.1) is 6.61 Å². The second-order valence-electron chi connectivity index (χ2n) is 2.25. The number of phenolic OH excluding ortho intramolecular Hbond substituents is 3. The highest BCUT2D eigenvalue weighted by Crippen LogP contribution is 2.36. The molecule has 12 heavy (non-hydrogen) atoms. The summed E-state index contributed by atoms with van der Waals surface area (Å²) >= 11 is 0. The first-order valence-electron chi connectivity index (χ1n) is 3.21. The molecule has 66 valence electrons. The van der Waals surface area contributed by atoms with Crippen molar-refractivity contribution in [1.82, 2.24) is 0 Å². The number of hydrogen-bond acceptors (Lipinski definition) is 5. The van der Waals surface area contributed by atoms with E-state index in [9.17, 15) is 0 Å². The maximum atomic E-state index is 9.16. The molecular weight excluding hydrogens is 162 g/mol. The maximum absolute atomic E-state index is 9.16. The minimum atomic E-state index is -0.565. The highest BCUT2D eigenvalue weighted by molar-refractivity contribution is 5.52. The Morgan fingerprint density at radius 1 is 1.17 bits per heavy atom. The van der Waals surface area contributed by atoms with Crippen molar-refractivity contribution in [3.63, 3.8) is 0 Å². The smallest absolute Gasteiger partial charge is 0.200 e. The lowest BCUT2D eigenvalue weighted by Crippen LogP contribution is -1.98. The van der Waals surface area contributed by atoms with Crippen molar-refractivity contribution >= 4 is 0 Å². The molecule has 1 rings (SSSR count). The van der Waals surface area contributed by atoms with Gasteiger partial charge >= 0.3 is 0 Å². The molecule has 0 aliphatic heterocycles. The summed E-state index contributed by atoms with van der Waals surface area (Å²) in [5.41, 5.74) is 0.313. The van der Waals surface area contributed by atoms with Gasteiger partial charge in [0.15, 0.2) is 11.5 Å². The summed E-state index contributed by atoms with van der Waals surface area (Å²) in [6, 6.07) is 2.64. The van der Waals surface area contributed by atoms with Gasteiger partial charge in [-0.1, -0.05) is 0 Å². The average Bonchev–Trinajstić information content (AvgIpc) is 2.07. The third-order valence-corrected chi connectivity index (χ3v) is 1.45. The molecule has 0 aliphatic rings. The molecule has 0 bridgehead atoms. The normalized spacial score (nSPS) is 10.1. The number of aromatic hydroxyl groups is 3. The summed E-state index contributed by atoms with van der Waals surface area (Å²) in [4.78, 5) is 4.25. The molecule has 0 amide bonds. The van der Waals surface area contributed by atoms with E-state index in [0.717, 1.165) is 0 Å². The second-order valence-corrected chi connectivity index (χ2v) is 2.25. The van der Waals surface area contributed by atoms with E-state index in [1.165, 1.54) is 12.1 Å². The summed E-state index contributed by atoms with van der Waals surface area (Å²) in [7, 11) is 0. The van der Waals surface area contributed by atoms with Crippen molar-refractivity contribution in [3.05, 3.63) is 17.7 Å². The molecule has 0 aromatic heterocycles. The lowest BCUT2D eigenvalue weighted by atomic mass is 10.2. The van der Waals surface area contributed by atoms with Crippen molar-refractivity contribution in [3.8, 4) is 17.2 Å². The highest BCUT2D eigenvalue weighted by atomic mass is 16.6. The molecule has 5 N–H and O–H groups in total. The highest BCUT2D eigenvalue weighted by Gasteiger charge is 2.10. The molecule has 0 spiro atoms. The van der Waals surface area contributed by atoms with Gasteiger partial charge in [0.1, 0.15) is 0 Å². The molecule has 0 radical (unpaired) electrons. The quantitative estimate of drug-likeness (QED) is 0.376. The lowest BCUT2D eigenvalue weighted by molar-refractivity contribution is 0.121. The molecule has 0 aliphatic carbocycles. The molecule has 1 aromatic rings. The largest absolute Gasteiger partial charge is 0.504 e. The Hall–Kier alpha value is -1.46. The van der Waals surface area contributed by atoms with Gasteiger partial charge in [-0.25, -0.2) is 5.90 Å². The summed E-state index contributed by atoms with van der Waals surface area (Å²) < 4.78 is 0. The van der Waals surface area contributed by atoms with Crippen LogP contribution in [0.25, 0.3) is 0 Å². The van der Waals surface area contributed by atoms with Crippen LogP contribution in [-0.2, 0) is 11.4 Å². The Morgan fingerprint density at radius 2 is 1.83 bits per heavy atom. The number of nitrogens with two attached hydrogens (primary N) is 1. The fourth-order valence-corrected chi connectivity index (χ4v) is 0.817. The molecular formula is C7H9NO4. The summed E-state index contributed by atoms with van der Waals surface area (Å²) in [5, 5.41) is 27.1. The predicted octanol–water partition coefficient (Wildman–Crippen LogP) is 0.194. The van der Waals surface area contributed by atoms with Gasteiger partial charge in [-0.15, -0.1) is 0 Å². The van der Waals surface area contributed by atoms with E-state index in [1.807, 2.05) is 0 Å². The molecule has 0 saturated carbocycles. The van der Waals surface area contributed by atoms with Gasteiger partial charge in [-0.2, -0.15) is 0 Å². The van der Waals surface area contributed by atoms with Crippen LogP contribution < -0.4 is 5.90 Å². The molecule has 0 fully saturated rings. The number of phenols is 3. The zero-order valence-electron chi connectivity index (χ0n) is 6.19. The van der Waals surface area contributed by atoms with Crippen LogP contribution in [-0.4, -0.2) is 15.3 Å². The van der Waals surface area contributed by atoms with Crippen LogP contribution >= 0.6 is 0 Å². The van der Waals surface area contributed by atoms with E-state index < -0.39 is 11.5 Å². The molecule has 1 aromatic carbocycles. The minimum absolute atomic E-state index is 0.0281. The molecule has 0 saturated heterocycles. The summed E-state index contributed by atoms with van der Waals surface area (Å²) in [6.45, 7) is -0.0281. The van der Waals surface area contributed by atoms with E-state index in [0.29, 0.717) is 5.56 Å². The number of rotatable bonds is 2. The van der Waals surface area contributed by atoms with Crippen LogP contribution in [0.4, 0.5) is 0 Å². The Kier molecular flexibility index (Phi) is 2.37. The van der Waals surface area contributed by atoms with Crippen LogP contribution in [0.5, 0.6) is 17.2 Å². The Morgan fingerprint density at radius 3 is 2.42 bits per heavy atom. The maximum Gasteiger partial charge on any atom is 0.200 e. The van der Waals surface area contributed by atoms with Crippen molar-refractivity contribution in [2.45, 2.75) is 6.61 Å². The van der Waals surface area contributed by atoms with Crippen LogP contribution in [0.1, 0.15) is 5.56 Å². The number of hydrogen-bond donors (Lipinski definition) is 4. The first-order chi connectivity index (χ1) is 5.66. The van der Waals surface area contributed by atoms with Gasteiger partial charge < -0.3 is 15.3 Å². The first-order valence-corrected chi connectivity index (χ1v) is 3.21. The predicted molar refractivity (Wildman–Crippen MR) is 40.4 cm³/mol. The van der Waals surface area contributed by atoms with E-state index in [1.54, 1.807) is 0 Å². The standard InChI is InChI=1S/C7H9NO4/c8-12-3-4-1-2-5(9)7(11)6(4)10/h1-2,9-11H,3,8H2. The Labute approximate surface area is 68.6 Å². The van der Waals surface area contributed by atoms with E-state index in [-0.39, 0.29) is 12.4 Å². The topological polar surface area (TPSA) is 95.9 Å². The van der Waals surface area contributed by atoms with Crippen LogP contribution in [0.2, 0.25) is 0 Å². The monoisotopic (exact) mass is 171 g/mol. The van der Waals surface area contributed by atoms with Crippen molar-refractivity contribution in [1.29, 1.82) is 0 Å². The van der Waals surface area contributed by atoms with Gasteiger partial charge in [0, 0.05) is 5.56 Å². The minimum Gasteiger partial charge on any atom is -0.504 e. The van der Waals surface area contributed by atoms with Crippen LogP contribution in [0.3, 0.4) is 0 Å². The molecule has 5 heteroatoms. The third kappa shape index (κ3) is 1.41. The number of benzene rings is 1. The zero-order chi connectivity index (χ0) is 9.14. The van der Waals surface area contributed by atoms with E-state index >= 15 is 0 Å². The third-order valence-electron chi connectivity index (χ3n) is 1.45. The van der Waals surface area contributed by atoms with Crippen molar-refractivity contribution in [2.75, 3.05) is 0 Å². The van der Waals surface area contributed by atoms with Crippen molar-refractivity contribution < 1.29 is 20.2 Å². The second kappa shape index (κ2) is 3.29. The molecule has 0 atom stereocenters. The summed E-state index contributed by atoms with van der Waals surface area (Å²) in [5.74, 6) is 3.40. The van der Waals surface area contributed by atoms with Gasteiger partial charge in [0.2, 0.25) is 5.75 Å². The van der Waals surface area contributed by atoms with E-state index in [4.69, 9.17) is 21.2 Å². The van der Waals surface area contributed by atoms with Gasteiger partial charge in [0.25, 0.3) is 0 Å². The zero-order valence-corrected chi connectivity index (χ0v) is 6.19. The van der Waals surface area contributed by atoms with Crippen molar-refractivity contribution in [2.24, 2.45) is 5.90 Å². The van der Waals surface area contributed by atoms with Gasteiger partial charge in [-0.05, 0) is 12.1 Å². The fourth-order valence-electron chi connectivity index (χ4n) is 0.817.